The van der Waals surface area contributed by atoms with Gasteiger partial charge in [-0.1, -0.05) is 0 Å². The molecule has 0 atom stereocenters. The van der Waals surface area contributed by atoms with Gasteiger partial charge in [-0.2, -0.15) is 0 Å². The number of rotatable bonds is 0. The van der Waals surface area contributed by atoms with Gasteiger partial charge in [-0.3, -0.25) is 0 Å². The van der Waals surface area contributed by atoms with Crippen LogP contribution < -0.4 is 88.7 Å². The van der Waals surface area contributed by atoms with E-state index in [0.29, 0.717) is 0 Å². The van der Waals surface area contributed by atoms with Crippen molar-refractivity contribution in [2.45, 2.75) is 0 Å². The molecule has 0 aromatic heterocycles. The quantitative estimate of drug-likeness (QED) is 0.144. The number of hydrogen-bond acceptors (Lipinski definition) is 3. The molecule has 12 nitrogen and oxygen atoms in total. The van der Waals surface area contributed by atoms with Crippen LogP contribution >= 0.6 is 23.5 Å². The summed E-state index contributed by atoms with van der Waals surface area (Å²) in [5.41, 5.74) is 0. The predicted octanol–water partition coefficient (Wildman–Crippen LogP) is -11.4. The van der Waals surface area contributed by atoms with E-state index in [2.05, 4.69) is 0 Å². The molecule has 0 aromatic carbocycles. The van der Waals surface area contributed by atoms with Crippen molar-refractivity contribution in [2.24, 2.45) is 0 Å². The zero-order chi connectivity index (χ0) is 13.5. The van der Waals surface area contributed by atoms with Crippen molar-refractivity contribution < 1.29 is 151 Å². The maximum Gasteiger partial charge on any atom is 1.00 e. The summed E-state index contributed by atoms with van der Waals surface area (Å²) in [5.74, 6) is 0. The molecule has 0 aliphatic rings. The van der Waals surface area contributed by atoms with Crippen LogP contribution in [0.1, 0.15) is 4.28 Å². The topological polar surface area (TPSA) is 233 Å². The molecule has 0 aliphatic carbocycles. The van der Waals surface area contributed by atoms with Crippen LogP contribution in [-0.4, -0.2) is 44.0 Å². The SMILES string of the molecule is O=P(O)(O)O.O=P(O)(O)O.O=P(O)(O)O.[H-].[H-].[H-].[Na+].[Na+].[Na+]. The molecule has 18 heavy (non-hydrogen) atoms. The Bertz CT molecular complexity index is 221. The Morgan fingerprint density at radius 1 is 0.444 bits per heavy atom. The third-order valence-electron chi connectivity index (χ3n) is 0. The Balaban J connectivity index is -0.0000000129. The molecular formula is H12Na3O12P3. The molecule has 9 N–H and O–H groups in total. The van der Waals surface area contributed by atoms with Gasteiger partial charge in [-0.15, -0.1) is 0 Å². The Morgan fingerprint density at radius 3 is 0.444 bits per heavy atom. The fourth-order valence-corrected chi connectivity index (χ4v) is 0. The average Bonchev–Trinajstić information content (AvgIpc) is 1.41. The van der Waals surface area contributed by atoms with E-state index in [1.54, 1.807) is 0 Å². The molecular weight excluding hydrogens is 354 g/mol. The van der Waals surface area contributed by atoms with Crippen molar-refractivity contribution in [1.29, 1.82) is 0 Å². The second-order valence-corrected chi connectivity index (χ2v) is 4.62. The summed E-state index contributed by atoms with van der Waals surface area (Å²) in [6.45, 7) is 0. The van der Waals surface area contributed by atoms with Gasteiger partial charge in [0, 0.05) is 0 Å². The number of hydrogen-bond donors (Lipinski definition) is 9. The summed E-state index contributed by atoms with van der Waals surface area (Å²) < 4.78 is 26.6. The molecule has 0 amide bonds. The molecule has 0 unspecified atom stereocenters. The third-order valence-corrected chi connectivity index (χ3v) is 0. The molecule has 0 spiro atoms. The normalized spacial score (nSPS) is 9.83. The smallest absolute Gasteiger partial charge is 1.00 e. The van der Waals surface area contributed by atoms with Gasteiger partial charge in [-0.25, -0.2) is 13.7 Å². The zero-order valence-corrected chi connectivity index (χ0v) is 18.3. The van der Waals surface area contributed by atoms with Crippen LogP contribution in [0.15, 0.2) is 0 Å². The van der Waals surface area contributed by atoms with E-state index in [9.17, 15) is 0 Å². The molecule has 0 radical (unpaired) electrons. The van der Waals surface area contributed by atoms with Crippen LogP contribution in [0.4, 0.5) is 0 Å². The molecule has 0 bridgehead atoms. The molecule has 0 fully saturated rings. The Hall–Kier alpha value is 3.33. The van der Waals surface area contributed by atoms with Crippen LogP contribution in [-0.2, 0) is 13.7 Å². The van der Waals surface area contributed by atoms with Crippen LogP contribution in [0.2, 0.25) is 0 Å². The fraction of sp³-hybridized carbons (Fsp3) is 0. The summed E-state index contributed by atoms with van der Waals surface area (Å²) in [6, 6.07) is 0. The molecule has 0 saturated carbocycles. The molecule has 18 heteroatoms. The Kier molecular flexibility index (Phi) is 34.8. The minimum atomic E-state index is -4.64. The van der Waals surface area contributed by atoms with E-state index < -0.39 is 23.5 Å². The average molecular weight is 366 g/mol. The van der Waals surface area contributed by atoms with Crippen molar-refractivity contribution in [3.05, 3.63) is 0 Å². The van der Waals surface area contributed by atoms with Gasteiger partial charge in [0.2, 0.25) is 0 Å². The number of phosphoric acid groups is 3. The van der Waals surface area contributed by atoms with E-state index in [4.69, 9.17) is 57.7 Å². The molecule has 0 rings (SSSR count). The van der Waals surface area contributed by atoms with Crippen LogP contribution in [0.3, 0.4) is 0 Å². The van der Waals surface area contributed by atoms with Crippen molar-refractivity contribution in [3.8, 4) is 0 Å². The first-order valence-electron chi connectivity index (χ1n) is 2.35. The van der Waals surface area contributed by atoms with E-state index in [1.807, 2.05) is 0 Å². The van der Waals surface area contributed by atoms with Gasteiger partial charge in [-0.05, 0) is 0 Å². The van der Waals surface area contributed by atoms with Gasteiger partial charge < -0.3 is 48.3 Å². The monoisotopic (exact) mass is 366 g/mol. The van der Waals surface area contributed by atoms with E-state index in [0.717, 1.165) is 0 Å². The van der Waals surface area contributed by atoms with E-state index in [-0.39, 0.29) is 93.0 Å². The van der Waals surface area contributed by atoms with Gasteiger partial charge in [0.1, 0.15) is 0 Å². The van der Waals surface area contributed by atoms with Crippen LogP contribution in [0.5, 0.6) is 0 Å². The van der Waals surface area contributed by atoms with Crippen molar-refractivity contribution in [1.82, 2.24) is 0 Å². The largest absolute Gasteiger partial charge is 1.00 e. The molecule has 0 saturated heterocycles. The fourth-order valence-electron chi connectivity index (χ4n) is 0. The van der Waals surface area contributed by atoms with Crippen molar-refractivity contribution in [2.75, 3.05) is 0 Å². The Morgan fingerprint density at radius 2 is 0.444 bits per heavy atom. The third kappa shape index (κ3) is 586. The van der Waals surface area contributed by atoms with Gasteiger partial charge in [0.15, 0.2) is 0 Å². The zero-order valence-electron chi connectivity index (χ0n) is 12.6. The molecule has 0 aliphatic heterocycles. The second kappa shape index (κ2) is 16.7. The summed E-state index contributed by atoms with van der Waals surface area (Å²) >= 11 is 0. The van der Waals surface area contributed by atoms with Crippen LogP contribution in [0, 0.1) is 0 Å². The second-order valence-electron chi connectivity index (χ2n) is 1.54. The molecule has 102 valence electrons. The van der Waals surface area contributed by atoms with Crippen molar-refractivity contribution >= 4 is 23.5 Å². The van der Waals surface area contributed by atoms with Crippen molar-refractivity contribution in [3.63, 3.8) is 0 Å². The van der Waals surface area contributed by atoms with Crippen LogP contribution in [0.25, 0.3) is 0 Å². The molecule has 0 heterocycles. The summed E-state index contributed by atoms with van der Waals surface area (Å²) in [5, 5.41) is 0. The summed E-state index contributed by atoms with van der Waals surface area (Å²) in [4.78, 5) is 64.7. The van der Waals surface area contributed by atoms with E-state index >= 15 is 0 Å². The van der Waals surface area contributed by atoms with E-state index in [1.165, 1.54) is 0 Å². The maximum atomic E-state index is 8.88. The first kappa shape index (κ1) is 37.5. The Labute approximate surface area is 172 Å². The minimum Gasteiger partial charge on any atom is -1.00 e. The first-order valence-corrected chi connectivity index (χ1v) is 7.04. The van der Waals surface area contributed by atoms with Gasteiger partial charge in [0.05, 0.1) is 0 Å². The summed E-state index contributed by atoms with van der Waals surface area (Å²) in [6.07, 6.45) is 0. The predicted molar refractivity (Wildman–Crippen MR) is 46.1 cm³/mol. The molecule has 0 aromatic rings. The minimum absolute atomic E-state index is 0. The first-order chi connectivity index (χ1) is 6.00. The van der Waals surface area contributed by atoms with Gasteiger partial charge in [0.25, 0.3) is 0 Å². The maximum absolute atomic E-state index is 8.88. The summed E-state index contributed by atoms with van der Waals surface area (Å²) in [7, 11) is -13.9. The van der Waals surface area contributed by atoms with Gasteiger partial charge >= 0.3 is 112 Å². The standard InChI is InChI=1S/3Na.3H3O4P.3H/c;;;3*1-5(2,3)4;;;/h;;;3*(H3,1,2,3,4);;;/q3*+1;;;;3*-1.